The minimum absolute atomic E-state index is 0.0693. The first-order valence-electron chi connectivity index (χ1n) is 5.19. The zero-order valence-electron chi connectivity index (χ0n) is 9.28. The molecule has 0 radical (unpaired) electrons. The second kappa shape index (κ2) is 6.33. The summed E-state index contributed by atoms with van der Waals surface area (Å²) in [6.45, 7) is 5.32. The second-order valence-electron chi connectivity index (χ2n) is 3.51. The van der Waals surface area contributed by atoms with Gasteiger partial charge in [-0.2, -0.15) is 0 Å². The Morgan fingerprint density at radius 1 is 1.62 bits per heavy atom. The van der Waals surface area contributed by atoms with E-state index in [1.165, 1.54) is 0 Å². The van der Waals surface area contributed by atoms with Gasteiger partial charge in [-0.15, -0.1) is 6.58 Å². The Hall–Kier alpha value is -1.28. The monoisotopic (exact) mass is 238 g/mol. The first kappa shape index (κ1) is 12.8. The average molecular weight is 239 g/mol. The van der Waals surface area contributed by atoms with Crippen LogP contribution in [0.15, 0.2) is 36.9 Å². The van der Waals surface area contributed by atoms with Crippen molar-refractivity contribution in [2.24, 2.45) is 0 Å². The van der Waals surface area contributed by atoms with Gasteiger partial charge in [0.15, 0.2) is 11.9 Å². The van der Waals surface area contributed by atoms with Gasteiger partial charge in [0, 0.05) is 11.4 Å². The van der Waals surface area contributed by atoms with E-state index < -0.39 is 6.10 Å². The zero-order chi connectivity index (χ0) is 12.0. The van der Waals surface area contributed by atoms with Crippen LogP contribution in [-0.2, 0) is 4.79 Å². The lowest BCUT2D eigenvalue weighted by atomic mass is 10.1. The van der Waals surface area contributed by atoms with Crippen molar-refractivity contribution in [3.63, 3.8) is 0 Å². The standard InChI is InChI=1S/C13H15ClO2/c1-3-4-8-13(15)10(2)16-12-7-5-6-11(14)9-12/h3,5-7,9-10H,1,4,8H2,2H3. The van der Waals surface area contributed by atoms with Gasteiger partial charge in [-0.1, -0.05) is 23.7 Å². The molecule has 0 aliphatic heterocycles. The Kier molecular flexibility index (Phi) is 5.06. The van der Waals surface area contributed by atoms with E-state index in [0.717, 1.165) is 0 Å². The van der Waals surface area contributed by atoms with Crippen LogP contribution in [0.25, 0.3) is 0 Å². The highest BCUT2D eigenvalue weighted by atomic mass is 35.5. The van der Waals surface area contributed by atoms with Crippen LogP contribution in [0.5, 0.6) is 5.75 Å². The van der Waals surface area contributed by atoms with Gasteiger partial charge in [-0.25, -0.2) is 0 Å². The topological polar surface area (TPSA) is 26.3 Å². The third-order valence-corrected chi connectivity index (χ3v) is 2.39. The lowest BCUT2D eigenvalue weighted by Crippen LogP contribution is -2.23. The molecule has 1 atom stereocenters. The predicted octanol–water partition coefficient (Wildman–Crippen LogP) is 3.64. The number of Topliss-reactive ketones (excluding diaryl/α,β-unsaturated/α-hetero) is 1. The maximum Gasteiger partial charge on any atom is 0.173 e. The molecule has 0 fully saturated rings. The van der Waals surface area contributed by atoms with Gasteiger partial charge in [0.2, 0.25) is 0 Å². The number of benzene rings is 1. The first-order valence-corrected chi connectivity index (χ1v) is 5.57. The molecule has 0 aliphatic carbocycles. The molecule has 0 aliphatic rings. The number of halogens is 1. The van der Waals surface area contributed by atoms with E-state index in [0.29, 0.717) is 23.6 Å². The van der Waals surface area contributed by atoms with Crippen molar-refractivity contribution in [1.29, 1.82) is 0 Å². The van der Waals surface area contributed by atoms with Gasteiger partial charge < -0.3 is 4.74 Å². The molecule has 0 amide bonds. The molecule has 1 aromatic carbocycles. The van der Waals surface area contributed by atoms with Crippen molar-refractivity contribution in [2.45, 2.75) is 25.9 Å². The Morgan fingerprint density at radius 2 is 2.38 bits per heavy atom. The van der Waals surface area contributed by atoms with Crippen LogP contribution in [-0.4, -0.2) is 11.9 Å². The van der Waals surface area contributed by atoms with Crippen molar-refractivity contribution in [3.8, 4) is 5.75 Å². The van der Waals surface area contributed by atoms with E-state index in [9.17, 15) is 4.79 Å². The molecule has 1 aromatic rings. The molecule has 0 aromatic heterocycles. The highest BCUT2D eigenvalue weighted by Crippen LogP contribution is 2.18. The number of ether oxygens (including phenoxy) is 1. The van der Waals surface area contributed by atoms with Crippen LogP contribution >= 0.6 is 11.6 Å². The number of allylic oxidation sites excluding steroid dienone is 1. The number of carbonyl (C=O) groups is 1. The van der Waals surface area contributed by atoms with E-state index in [2.05, 4.69) is 6.58 Å². The van der Waals surface area contributed by atoms with Crippen molar-refractivity contribution in [2.75, 3.05) is 0 Å². The van der Waals surface area contributed by atoms with E-state index in [1.807, 2.05) is 0 Å². The summed E-state index contributed by atoms with van der Waals surface area (Å²) in [5.74, 6) is 0.687. The molecule has 0 saturated heterocycles. The largest absolute Gasteiger partial charge is 0.483 e. The van der Waals surface area contributed by atoms with Crippen LogP contribution in [0.4, 0.5) is 0 Å². The average Bonchev–Trinajstić information content (AvgIpc) is 2.25. The molecule has 0 heterocycles. The maximum absolute atomic E-state index is 11.6. The Bertz CT molecular complexity index is 374. The van der Waals surface area contributed by atoms with Crippen LogP contribution < -0.4 is 4.74 Å². The molecule has 0 saturated carbocycles. The third kappa shape index (κ3) is 4.07. The highest BCUT2D eigenvalue weighted by Gasteiger charge is 2.13. The van der Waals surface area contributed by atoms with Gasteiger partial charge in [-0.3, -0.25) is 4.79 Å². The van der Waals surface area contributed by atoms with Crippen LogP contribution in [0, 0.1) is 0 Å². The third-order valence-electron chi connectivity index (χ3n) is 2.16. The summed E-state index contributed by atoms with van der Waals surface area (Å²) in [5.41, 5.74) is 0. The molecule has 1 unspecified atom stereocenters. The summed E-state index contributed by atoms with van der Waals surface area (Å²) in [4.78, 5) is 11.6. The quantitative estimate of drug-likeness (QED) is 0.708. The van der Waals surface area contributed by atoms with Crippen molar-refractivity contribution in [3.05, 3.63) is 41.9 Å². The van der Waals surface area contributed by atoms with Gasteiger partial charge in [0.05, 0.1) is 0 Å². The summed E-state index contributed by atoms with van der Waals surface area (Å²) < 4.78 is 5.49. The van der Waals surface area contributed by atoms with Gasteiger partial charge in [0.25, 0.3) is 0 Å². The fourth-order valence-corrected chi connectivity index (χ4v) is 1.44. The minimum Gasteiger partial charge on any atom is -0.483 e. The summed E-state index contributed by atoms with van der Waals surface area (Å²) in [7, 11) is 0. The second-order valence-corrected chi connectivity index (χ2v) is 3.95. The van der Waals surface area contributed by atoms with E-state index >= 15 is 0 Å². The Balaban J connectivity index is 2.53. The molecule has 16 heavy (non-hydrogen) atoms. The molecule has 2 nitrogen and oxygen atoms in total. The van der Waals surface area contributed by atoms with Gasteiger partial charge >= 0.3 is 0 Å². The molecule has 86 valence electrons. The Morgan fingerprint density at radius 3 is 3.00 bits per heavy atom. The number of rotatable bonds is 6. The number of ketones is 1. The van der Waals surface area contributed by atoms with Crippen LogP contribution in [0.1, 0.15) is 19.8 Å². The Labute approximate surface area is 101 Å². The smallest absolute Gasteiger partial charge is 0.173 e. The molecular formula is C13H15ClO2. The lowest BCUT2D eigenvalue weighted by molar-refractivity contribution is -0.125. The summed E-state index contributed by atoms with van der Waals surface area (Å²) >= 11 is 5.81. The SMILES string of the molecule is C=CCCC(=O)C(C)Oc1cccc(Cl)c1. The molecule has 1 rings (SSSR count). The van der Waals surface area contributed by atoms with Crippen LogP contribution in [0.2, 0.25) is 5.02 Å². The molecular weight excluding hydrogens is 224 g/mol. The van der Waals surface area contributed by atoms with Crippen molar-refractivity contribution in [1.82, 2.24) is 0 Å². The molecule has 0 bridgehead atoms. The maximum atomic E-state index is 11.6. The molecule has 0 spiro atoms. The molecule has 0 N–H and O–H groups in total. The predicted molar refractivity (Wildman–Crippen MR) is 66.0 cm³/mol. The number of hydrogen-bond acceptors (Lipinski definition) is 2. The zero-order valence-corrected chi connectivity index (χ0v) is 10.0. The van der Waals surface area contributed by atoms with E-state index in [-0.39, 0.29) is 5.78 Å². The van der Waals surface area contributed by atoms with Crippen molar-refractivity contribution < 1.29 is 9.53 Å². The lowest BCUT2D eigenvalue weighted by Gasteiger charge is -2.13. The molecule has 3 heteroatoms. The summed E-state index contributed by atoms with van der Waals surface area (Å²) in [6.07, 6.45) is 2.43. The summed E-state index contributed by atoms with van der Waals surface area (Å²) in [5, 5.41) is 0.600. The highest BCUT2D eigenvalue weighted by molar-refractivity contribution is 6.30. The minimum atomic E-state index is -0.446. The fraction of sp³-hybridized carbons (Fsp3) is 0.308. The van der Waals surface area contributed by atoms with Gasteiger partial charge in [-0.05, 0) is 31.5 Å². The fourth-order valence-electron chi connectivity index (χ4n) is 1.26. The summed E-state index contributed by atoms with van der Waals surface area (Å²) in [6, 6.07) is 7.03. The normalized spacial score (nSPS) is 11.9. The van der Waals surface area contributed by atoms with Crippen LogP contribution in [0.3, 0.4) is 0 Å². The number of hydrogen-bond donors (Lipinski definition) is 0. The van der Waals surface area contributed by atoms with Crippen molar-refractivity contribution >= 4 is 17.4 Å². The first-order chi connectivity index (χ1) is 7.63. The van der Waals surface area contributed by atoms with E-state index in [1.54, 1.807) is 37.3 Å². The number of carbonyl (C=O) groups excluding carboxylic acids is 1. The van der Waals surface area contributed by atoms with E-state index in [4.69, 9.17) is 16.3 Å². The van der Waals surface area contributed by atoms with Gasteiger partial charge in [0.1, 0.15) is 5.75 Å².